The number of carboxylic acids is 1. The standard InChI is InChI=1S/C14H15ClFNO3/c15-11-7-8(4-5-12(11)16)13(18)17-10-3-1-2-9(6-10)14(19)20/h4-5,7,9-10H,1-3,6H2,(H,17,18)(H,19,20). The van der Waals surface area contributed by atoms with Crippen LogP contribution in [0.25, 0.3) is 0 Å². The Morgan fingerprint density at radius 1 is 1.35 bits per heavy atom. The Kier molecular flexibility index (Phi) is 4.60. The maximum Gasteiger partial charge on any atom is 0.306 e. The molecule has 1 aliphatic rings. The molecule has 0 saturated heterocycles. The quantitative estimate of drug-likeness (QED) is 0.902. The highest BCUT2D eigenvalue weighted by Gasteiger charge is 2.28. The first kappa shape index (κ1) is 14.8. The van der Waals surface area contributed by atoms with Crippen molar-refractivity contribution in [1.82, 2.24) is 5.32 Å². The summed E-state index contributed by atoms with van der Waals surface area (Å²) in [7, 11) is 0. The van der Waals surface area contributed by atoms with Crippen LogP contribution in [-0.2, 0) is 4.79 Å². The van der Waals surface area contributed by atoms with Gasteiger partial charge in [-0.05, 0) is 37.5 Å². The Morgan fingerprint density at radius 2 is 2.10 bits per heavy atom. The summed E-state index contributed by atoms with van der Waals surface area (Å²) in [4.78, 5) is 23.0. The fraction of sp³-hybridized carbons (Fsp3) is 0.429. The zero-order valence-corrected chi connectivity index (χ0v) is 11.5. The fourth-order valence-electron chi connectivity index (χ4n) is 2.45. The number of carbonyl (C=O) groups excluding carboxylic acids is 1. The minimum atomic E-state index is -0.825. The first-order valence-electron chi connectivity index (χ1n) is 6.46. The molecule has 4 nitrogen and oxygen atoms in total. The van der Waals surface area contributed by atoms with Gasteiger partial charge in [-0.1, -0.05) is 18.0 Å². The highest BCUT2D eigenvalue weighted by atomic mass is 35.5. The number of nitrogens with one attached hydrogen (secondary N) is 1. The summed E-state index contributed by atoms with van der Waals surface area (Å²) in [6.45, 7) is 0. The number of carboxylic acid groups (broad SMARTS) is 1. The van der Waals surface area contributed by atoms with Crippen molar-refractivity contribution in [2.45, 2.75) is 31.7 Å². The first-order valence-corrected chi connectivity index (χ1v) is 6.84. The van der Waals surface area contributed by atoms with E-state index in [1.54, 1.807) is 0 Å². The lowest BCUT2D eigenvalue weighted by Gasteiger charge is -2.27. The van der Waals surface area contributed by atoms with Crippen molar-refractivity contribution in [3.8, 4) is 0 Å². The van der Waals surface area contributed by atoms with E-state index in [0.29, 0.717) is 12.8 Å². The molecule has 1 amide bonds. The number of hydrogen-bond acceptors (Lipinski definition) is 2. The van der Waals surface area contributed by atoms with Crippen LogP contribution in [0.4, 0.5) is 4.39 Å². The number of rotatable bonds is 3. The van der Waals surface area contributed by atoms with Crippen molar-refractivity contribution < 1.29 is 19.1 Å². The van der Waals surface area contributed by atoms with E-state index < -0.39 is 17.7 Å². The summed E-state index contributed by atoms with van der Waals surface area (Å²) in [5.74, 6) is -2.17. The number of halogens is 2. The molecule has 2 unspecified atom stereocenters. The number of carbonyl (C=O) groups is 2. The van der Waals surface area contributed by atoms with Crippen LogP contribution in [0.15, 0.2) is 18.2 Å². The van der Waals surface area contributed by atoms with E-state index in [4.69, 9.17) is 16.7 Å². The summed E-state index contributed by atoms with van der Waals surface area (Å²) in [5.41, 5.74) is 0.272. The third kappa shape index (κ3) is 3.48. The van der Waals surface area contributed by atoms with Gasteiger partial charge in [0.05, 0.1) is 10.9 Å². The molecule has 0 radical (unpaired) electrons. The second kappa shape index (κ2) is 6.22. The molecular weight excluding hydrogens is 285 g/mol. The minimum absolute atomic E-state index is 0.107. The van der Waals surface area contributed by atoms with Gasteiger partial charge >= 0.3 is 5.97 Å². The van der Waals surface area contributed by atoms with Crippen molar-refractivity contribution in [3.05, 3.63) is 34.6 Å². The lowest BCUT2D eigenvalue weighted by molar-refractivity contribution is -0.143. The van der Waals surface area contributed by atoms with E-state index in [1.165, 1.54) is 12.1 Å². The van der Waals surface area contributed by atoms with E-state index in [9.17, 15) is 14.0 Å². The van der Waals surface area contributed by atoms with Crippen molar-refractivity contribution in [2.24, 2.45) is 5.92 Å². The van der Waals surface area contributed by atoms with E-state index in [2.05, 4.69) is 5.32 Å². The predicted octanol–water partition coefficient (Wildman–Crippen LogP) is 2.85. The van der Waals surface area contributed by atoms with Crippen LogP contribution in [0.3, 0.4) is 0 Å². The van der Waals surface area contributed by atoms with Gasteiger partial charge in [0, 0.05) is 11.6 Å². The van der Waals surface area contributed by atoms with Crippen LogP contribution in [0, 0.1) is 11.7 Å². The zero-order chi connectivity index (χ0) is 14.7. The lowest BCUT2D eigenvalue weighted by Crippen LogP contribution is -2.39. The SMILES string of the molecule is O=C(NC1CCCC(C(=O)O)C1)c1ccc(F)c(Cl)c1. The van der Waals surface area contributed by atoms with Crippen molar-refractivity contribution >= 4 is 23.5 Å². The molecule has 6 heteroatoms. The van der Waals surface area contributed by atoms with E-state index in [-0.39, 0.29) is 22.5 Å². The van der Waals surface area contributed by atoms with Crippen LogP contribution < -0.4 is 5.32 Å². The largest absolute Gasteiger partial charge is 0.481 e. The molecule has 0 aliphatic heterocycles. The number of benzene rings is 1. The Balaban J connectivity index is 2.00. The van der Waals surface area contributed by atoms with Crippen LogP contribution in [-0.4, -0.2) is 23.0 Å². The predicted molar refractivity (Wildman–Crippen MR) is 72.3 cm³/mol. The Morgan fingerprint density at radius 3 is 2.75 bits per heavy atom. The van der Waals surface area contributed by atoms with Gasteiger partial charge < -0.3 is 10.4 Å². The third-order valence-electron chi connectivity index (χ3n) is 3.54. The molecule has 1 fully saturated rings. The molecule has 2 N–H and O–H groups in total. The molecule has 0 heterocycles. The third-order valence-corrected chi connectivity index (χ3v) is 3.83. The lowest BCUT2D eigenvalue weighted by atomic mass is 9.85. The van der Waals surface area contributed by atoms with Gasteiger partial charge in [0.25, 0.3) is 5.91 Å². The van der Waals surface area contributed by atoms with E-state index in [0.717, 1.165) is 18.9 Å². The molecule has 20 heavy (non-hydrogen) atoms. The molecule has 2 rings (SSSR count). The summed E-state index contributed by atoms with van der Waals surface area (Å²) >= 11 is 5.63. The number of aliphatic carboxylic acids is 1. The molecule has 2 atom stereocenters. The Hall–Kier alpha value is -1.62. The molecule has 0 bridgehead atoms. The second-order valence-corrected chi connectivity index (χ2v) is 5.41. The maximum absolute atomic E-state index is 13.0. The zero-order valence-electron chi connectivity index (χ0n) is 10.7. The molecule has 1 aromatic carbocycles. The van der Waals surface area contributed by atoms with Crippen LogP contribution in [0.1, 0.15) is 36.0 Å². The van der Waals surface area contributed by atoms with Crippen molar-refractivity contribution in [1.29, 1.82) is 0 Å². The topological polar surface area (TPSA) is 66.4 Å². The van der Waals surface area contributed by atoms with Gasteiger partial charge in [-0.3, -0.25) is 9.59 Å². The molecule has 1 saturated carbocycles. The monoisotopic (exact) mass is 299 g/mol. The minimum Gasteiger partial charge on any atom is -0.481 e. The van der Waals surface area contributed by atoms with E-state index in [1.807, 2.05) is 0 Å². The van der Waals surface area contributed by atoms with Gasteiger partial charge in [0.2, 0.25) is 0 Å². The second-order valence-electron chi connectivity index (χ2n) is 5.00. The molecule has 1 aromatic rings. The molecule has 108 valence electrons. The number of amides is 1. The average Bonchev–Trinajstić information content (AvgIpc) is 2.42. The molecule has 0 aromatic heterocycles. The highest BCUT2D eigenvalue weighted by molar-refractivity contribution is 6.31. The van der Waals surface area contributed by atoms with Crippen LogP contribution in [0.5, 0.6) is 0 Å². The Labute approximate surface area is 120 Å². The van der Waals surface area contributed by atoms with Crippen molar-refractivity contribution in [3.63, 3.8) is 0 Å². The number of hydrogen-bond donors (Lipinski definition) is 2. The van der Waals surface area contributed by atoms with Crippen LogP contribution >= 0.6 is 11.6 Å². The van der Waals surface area contributed by atoms with Crippen molar-refractivity contribution in [2.75, 3.05) is 0 Å². The van der Waals surface area contributed by atoms with Gasteiger partial charge in [0.15, 0.2) is 0 Å². The maximum atomic E-state index is 13.0. The molecule has 1 aliphatic carbocycles. The van der Waals surface area contributed by atoms with Gasteiger partial charge in [-0.15, -0.1) is 0 Å². The van der Waals surface area contributed by atoms with Crippen LogP contribution in [0.2, 0.25) is 5.02 Å². The fourth-order valence-corrected chi connectivity index (χ4v) is 2.63. The summed E-state index contributed by atoms with van der Waals surface area (Å²) in [6.07, 6.45) is 2.59. The highest BCUT2D eigenvalue weighted by Crippen LogP contribution is 2.25. The summed E-state index contributed by atoms with van der Waals surface area (Å²) < 4.78 is 13.0. The van der Waals surface area contributed by atoms with Gasteiger partial charge in [-0.2, -0.15) is 0 Å². The van der Waals surface area contributed by atoms with Gasteiger partial charge in [0.1, 0.15) is 5.82 Å². The van der Waals surface area contributed by atoms with E-state index >= 15 is 0 Å². The smallest absolute Gasteiger partial charge is 0.306 e. The summed E-state index contributed by atoms with van der Waals surface area (Å²) in [6, 6.07) is 3.59. The molecule has 0 spiro atoms. The molecular formula is C14H15ClFNO3. The summed E-state index contributed by atoms with van der Waals surface area (Å²) in [5, 5.41) is 11.7. The average molecular weight is 300 g/mol. The normalized spacial score (nSPS) is 22.3. The first-order chi connectivity index (χ1) is 9.47. The van der Waals surface area contributed by atoms with Gasteiger partial charge in [-0.25, -0.2) is 4.39 Å². The Bertz CT molecular complexity index is 535.